The second-order valence-electron chi connectivity index (χ2n) is 10.3. The fraction of sp³-hybridized carbons (Fsp3) is 0.407. The predicted octanol–water partition coefficient (Wildman–Crippen LogP) is 2.95. The summed E-state index contributed by atoms with van der Waals surface area (Å²) in [4.78, 5) is 61.5. The quantitative estimate of drug-likeness (QED) is 0.110. The van der Waals surface area contributed by atoms with Gasteiger partial charge in [0, 0.05) is 55.2 Å². The van der Waals surface area contributed by atoms with Crippen LogP contribution in [0.3, 0.4) is 0 Å². The van der Waals surface area contributed by atoms with E-state index in [1.165, 1.54) is 53.4 Å². The number of carbonyl (C=O) groups excluding carboxylic acids is 3. The Labute approximate surface area is 256 Å². The number of nitrogens with one attached hydrogen (secondary N) is 3. The van der Waals surface area contributed by atoms with Gasteiger partial charge in [-0.3, -0.25) is 40.6 Å². The molecule has 2 aromatic carbocycles. The van der Waals surface area contributed by atoms with Crippen molar-refractivity contribution in [2.24, 2.45) is 0 Å². The number of benzene rings is 2. The van der Waals surface area contributed by atoms with Gasteiger partial charge in [-0.2, -0.15) is 12.6 Å². The molecule has 2 heterocycles. The fourth-order valence-electron chi connectivity index (χ4n) is 4.83. The summed E-state index contributed by atoms with van der Waals surface area (Å²) in [5, 5.41) is 34.9. The minimum Gasteiger partial charge on any atom is -0.445 e. The van der Waals surface area contributed by atoms with Crippen molar-refractivity contribution in [1.29, 1.82) is 5.41 Å². The highest BCUT2D eigenvalue weighted by molar-refractivity contribution is 7.81. The molecule has 3 N–H and O–H groups in total. The van der Waals surface area contributed by atoms with Crippen molar-refractivity contribution >= 4 is 48.1 Å². The van der Waals surface area contributed by atoms with Gasteiger partial charge in [-0.1, -0.05) is 0 Å². The molecular weight excluding hydrogens is 598 g/mol. The van der Waals surface area contributed by atoms with Crippen LogP contribution in [0.15, 0.2) is 48.5 Å². The summed E-state index contributed by atoms with van der Waals surface area (Å²) in [6.07, 6.45) is -0.191. The van der Waals surface area contributed by atoms with Crippen LogP contribution in [-0.2, 0) is 27.5 Å². The fourth-order valence-corrected chi connectivity index (χ4v) is 5.20. The van der Waals surface area contributed by atoms with Crippen LogP contribution in [0.25, 0.3) is 0 Å². The van der Waals surface area contributed by atoms with Crippen LogP contribution in [0.4, 0.5) is 21.0 Å². The van der Waals surface area contributed by atoms with E-state index in [2.05, 4.69) is 23.3 Å². The number of hydrogen-bond donors (Lipinski definition) is 4. The third-order valence-electron chi connectivity index (χ3n) is 7.22. The number of nitrogens with zero attached hydrogens (tertiary/aromatic N) is 4. The van der Waals surface area contributed by atoms with Crippen LogP contribution in [0.1, 0.15) is 30.4 Å². The van der Waals surface area contributed by atoms with E-state index < -0.39 is 28.1 Å². The second-order valence-corrected chi connectivity index (χ2v) is 11.0. The van der Waals surface area contributed by atoms with Crippen LogP contribution in [-0.4, -0.2) is 80.7 Å². The maximum absolute atomic E-state index is 13.1. The Bertz CT molecular complexity index is 1400. The van der Waals surface area contributed by atoms with E-state index in [0.717, 1.165) is 0 Å². The summed E-state index contributed by atoms with van der Waals surface area (Å²) in [6.45, 7) is 0.755. The van der Waals surface area contributed by atoms with Gasteiger partial charge < -0.3 is 19.7 Å². The Kier molecular flexibility index (Phi) is 10.5. The van der Waals surface area contributed by atoms with Crippen molar-refractivity contribution in [2.75, 3.05) is 19.6 Å². The first kappa shape index (κ1) is 32.0. The Hall–Kier alpha value is -4.93. The van der Waals surface area contributed by atoms with Gasteiger partial charge in [0.1, 0.15) is 19.3 Å². The van der Waals surface area contributed by atoms with Crippen LogP contribution >= 0.6 is 12.6 Å². The lowest BCUT2D eigenvalue weighted by atomic mass is 10.0. The van der Waals surface area contributed by atoms with Gasteiger partial charge in [-0.05, 0) is 54.7 Å². The lowest BCUT2D eigenvalue weighted by molar-refractivity contribution is -0.385. The van der Waals surface area contributed by atoms with Crippen molar-refractivity contribution in [2.45, 2.75) is 49.8 Å². The van der Waals surface area contributed by atoms with E-state index in [-0.39, 0.29) is 54.3 Å². The van der Waals surface area contributed by atoms with Gasteiger partial charge in [0.15, 0.2) is 0 Å². The zero-order chi connectivity index (χ0) is 31.8. The maximum atomic E-state index is 13.1. The number of thiol groups is 1. The molecule has 2 aliphatic heterocycles. The van der Waals surface area contributed by atoms with E-state index in [1.54, 1.807) is 4.90 Å². The number of rotatable bonds is 8. The van der Waals surface area contributed by atoms with Crippen molar-refractivity contribution in [3.05, 3.63) is 79.9 Å². The molecule has 2 aliphatic rings. The Morgan fingerprint density at radius 2 is 1.43 bits per heavy atom. The number of ether oxygens (including phenoxy) is 2. The van der Waals surface area contributed by atoms with Crippen LogP contribution < -0.4 is 10.6 Å². The molecule has 2 saturated heterocycles. The Morgan fingerprint density at radius 3 is 1.95 bits per heavy atom. The third-order valence-corrected chi connectivity index (χ3v) is 7.59. The van der Waals surface area contributed by atoms with Gasteiger partial charge in [-0.25, -0.2) is 9.59 Å². The number of hydrogen-bond acceptors (Lipinski definition) is 11. The zero-order valence-electron chi connectivity index (χ0n) is 23.4. The van der Waals surface area contributed by atoms with E-state index in [1.807, 2.05) is 0 Å². The number of alkyl carbamates (subject to hydrolysis) is 1. The van der Waals surface area contributed by atoms with Crippen LogP contribution in [0, 0.1) is 25.6 Å². The first-order valence-corrected chi connectivity index (χ1v) is 14.2. The summed E-state index contributed by atoms with van der Waals surface area (Å²) >= 11 is 4.45. The van der Waals surface area contributed by atoms with E-state index >= 15 is 0 Å². The molecule has 44 heavy (non-hydrogen) atoms. The number of piperidine rings is 1. The van der Waals surface area contributed by atoms with Crippen LogP contribution in [0.2, 0.25) is 0 Å². The first-order chi connectivity index (χ1) is 21.0. The molecule has 0 saturated carbocycles. The van der Waals surface area contributed by atoms with Gasteiger partial charge >= 0.3 is 12.2 Å². The van der Waals surface area contributed by atoms with Crippen LogP contribution in [0.5, 0.6) is 0 Å². The molecule has 0 radical (unpaired) electrons. The normalized spacial score (nSPS) is 18.3. The van der Waals surface area contributed by atoms with Crippen molar-refractivity contribution in [1.82, 2.24) is 20.4 Å². The number of guanidine groups is 1. The molecule has 3 amide bonds. The van der Waals surface area contributed by atoms with Crippen molar-refractivity contribution in [3.8, 4) is 0 Å². The molecule has 0 aromatic heterocycles. The van der Waals surface area contributed by atoms with Gasteiger partial charge in [0.2, 0.25) is 11.9 Å². The molecule has 0 aliphatic carbocycles. The minimum atomic E-state index is -0.841. The largest absolute Gasteiger partial charge is 0.445 e. The molecule has 2 aromatic rings. The molecule has 0 spiro atoms. The van der Waals surface area contributed by atoms with Crippen molar-refractivity contribution < 1.29 is 33.7 Å². The molecule has 2 atom stereocenters. The molecule has 0 unspecified atom stereocenters. The average molecular weight is 630 g/mol. The molecule has 2 fully saturated rings. The summed E-state index contributed by atoms with van der Waals surface area (Å²) in [5.41, 5.74) is 0.964. The average Bonchev–Trinajstić information content (AvgIpc) is 3.41. The van der Waals surface area contributed by atoms with Gasteiger partial charge in [-0.15, -0.1) is 0 Å². The minimum absolute atomic E-state index is 0.0763. The number of nitro benzene ring substituents is 2. The molecule has 16 nitrogen and oxygen atoms in total. The number of non-ortho nitro benzene ring substituents is 2. The van der Waals surface area contributed by atoms with Gasteiger partial charge in [0.25, 0.3) is 11.4 Å². The second kappa shape index (κ2) is 14.5. The van der Waals surface area contributed by atoms with E-state index in [4.69, 9.17) is 14.9 Å². The monoisotopic (exact) mass is 629 g/mol. The maximum Gasteiger partial charge on any atom is 0.414 e. The molecule has 17 heteroatoms. The first-order valence-electron chi connectivity index (χ1n) is 13.7. The lowest BCUT2D eigenvalue weighted by Crippen LogP contribution is -2.53. The predicted molar refractivity (Wildman–Crippen MR) is 158 cm³/mol. The molecular formula is C27H31N7O9S. The number of likely N-dealkylation sites (tertiary alicyclic amines) is 2. The summed E-state index contributed by atoms with van der Waals surface area (Å²) in [6, 6.07) is 10.2. The summed E-state index contributed by atoms with van der Waals surface area (Å²) < 4.78 is 10.5. The molecule has 234 valence electrons. The van der Waals surface area contributed by atoms with E-state index in [9.17, 15) is 34.6 Å². The van der Waals surface area contributed by atoms with Gasteiger partial charge in [0.05, 0.1) is 9.85 Å². The standard InChI is InChI=1S/C27H31N7O9S/c28-25(30-26(36)42-15-17-1-5-20(6-2-17)33(38)39)31-11-9-19(10-12-31)29-24(35)23-13-22(44)14-32(23)27(37)43-16-18-3-7-21(8-4-18)34(40)41/h1-8,19,22-23,44H,9-16H2,(H,29,35)(H2,28,30,36)/t22-,23-/m0/s1. The summed E-state index contributed by atoms with van der Waals surface area (Å²) in [5.74, 6) is -0.491. The lowest BCUT2D eigenvalue weighted by Gasteiger charge is -2.34. The number of nitro groups is 2. The third kappa shape index (κ3) is 8.56. The smallest absolute Gasteiger partial charge is 0.414 e. The zero-order valence-corrected chi connectivity index (χ0v) is 24.3. The highest BCUT2D eigenvalue weighted by Gasteiger charge is 2.40. The highest BCUT2D eigenvalue weighted by atomic mass is 32.1. The molecule has 0 bridgehead atoms. The summed E-state index contributed by atoms with van der Waals surface area (Å²) in [7, 11) is 0. The highest BCUT2D eigenvalue weighted by Crippen LogP contribution is 2.24. The van der Waals surface area contributed by atoms with E-state index in [0.29, 0.717) is 43.5 Å². The Balaban J connectivity index is 1.19. The Morgan fingerprint density at radius 1 is 0.909 bits per heavy atom. The topological polar surface area (TPSA) is 210 Å². The SMILES string of the molecule is N=C(NC(=O)OCc1ccc([N+](=O)[O-])cc1)N1CCC(NC(=O)[C@@H]2C[C@H](S)CN2C(=O)OCc2ccc([N+](=O)[O-])cc2)CC1. The van der Waals surface area contributed by atoms with Crippen molar-refractivity contribution in [3.63, 3.8) is 0 Å². The number of amides is 3. The molecule has 4 rings (SSSR count). The number of carbonyl (C=O) groups is 3.